The van der Waals surface area contributed by atoms with Gasteiger partial charge >= 0.3 is 0 Å². The van der Waals surface area contributed by atoms with Crippen molar-refractivity contribution in [3.63, 3.8) is 0 Å². The third-order valence-corrected chi connectivity index (χ3v) is 4.16. The molecule has 1 aliphatic rings. The number of aryl methyl sites for hydroxylation is 1. The summed E-state index contributed by atoms with van der Waals surface area (Å²) in [6.45, 7) is 5.06. The minimum Gasteiger partial charge on any atom is -0.496 e. The fraction of sp³-hybridized carbons (Fsp3) is 0.625. The fourth-order valence-electron chi connectivity index (χ4n) is 2.77. The highest BCUT2D eigenvalue weighted by Crippen LogP contribution is 2.30. The first-order valence-electron chi connectivity index (χ1n) is 7.08. The second kappa shape index (κ2) is 5.93. The highest BCUT2D eigenvalue weighted by molar-refractivity contribution is 5.37. The number of rotatable bonds is 4. The van der Waals surface area contributed by atoms with Crippen molar-refractivity contribution in [2.24, 2.45) is 5.73 Å². The third kappa shape index (κ3) is 3.28. The predicted octanol–water partition coefficient (Wildman–Crippen LogP) is 2.83. The number of hydrogen-bond donors (Lipinski definition) is 1. The molecule has 0 amide bonds. The maximum absolute atomic E-state index is 6.41. The van der Waals surface area contributed by atoms with Gasteiger partial charge in [-0.15, -0.1) is 0 Å². The second-order valence-electron chi connectivity index (χ2n) is 5.74. The Kier molecular flexibility index (Phi) is 4.48. The summed E-state index contributed by atoms with van der Waals surface area (Å²) in [6, 6.07) is 6.24. The lowest BCUT2D eigenvalue weighted by Crippen LogP contribution is -2.50. The van der Waals surface area contributed by atoms with Gasteiger partial charge in [0.05, 0.1) is 12.7 Å². The minimum atomic E-state index is -0.201. The fourth-order valence-corrected chi connectivity index (χ4v) is 2.77. The molecule has 2 atom stereocenters. The van der Waals surface area contributed by atoms with E-state index < -0.39 is 0 Å². The van der Waals surface area contributed by atoms with E-state index in [-0.39, 0.29) is 11.6 Å². The highest BCUT2D eigenvalue weighted by Gasteiger charge is 2.34. The van der Waals surface area contributed by atoms with Gasteiger partial charge in [-0.25, -0.2) is 0 Å². The van der Waals surface area contributed by atoms with Crippen LogP contribution in [0, 0.1) is 6.92 Å². The number of methoxy groups -OCH3 is 1. The van der Waals surface area contributed by atoms with Crippen molar-refractivity contribution in [2.75, 3.05) is 13.7 Å². The van der Waals surface area contributed by atoms with Crippen LogP contribution in [-0.2, 0) is 11.2 Å². The summed E-state index contributed by atoms with van der Waals surface area (Å²) in [6.07, 6.45) is 4.19. The van der Waals surface area contributed by atoms with Gasteiger partial charge in [0, 0.05) is 12.6 Å². The molecule has 1 saturated heterocycles. The summed E-state index contributed by atoms with van der Waals surface area (Å²) in [4.78, 5) is 0. The van der Waals surface area contributed by atoms with Crippen molar-refractivity contribution >= 4 is 0 Å². The molecule has 3 nitrogen and oxygen atoms in total. The van der Waals surface area contributed by atoms with Crippen LogP contribution < -0.4 is 10.5 Å². The predicted molar refractivity (Wildman–Crippen MR) is 77.6 cm³/mol. The zero-order chi connectivity index (χ0) is 13.9. The zero-order valence-corrected chi connectivity index (χ0v) is 12.2. The molecule has 0 aliphatic carbocycles. The molecule has 1 aromatic rings. The van der Waals surface area contributed by atoms with E-state index in [1.165, 1.54) is 17.5 Å². The van der Waals surface area contributed by atoms with E-state index in [1.54, 1.807) is 7.11 Å². The molecule has 0 aromatic heterocycles. The first-order chi connectivity index (χ1) is 9.05. The van der Waals surface area contributed by atoms with Crippen LogP contribution in [0.25, 0.3) is 0 Å². The molecule has 1 heterocycles. The molecule has 1 aromatic carbocycles. The number of hydrogen-bond acceptors (Lipinski definition) is 3. The van der Waals surface area contributed by atoms with Gasteiger partial charge in [-0.1, -0.05) is 17.7 Å². The van der Waals surface area contributed by atoms with Crippen LogP contribution in [0.5, 0.6) is 5.75 Å². The van der Waals surface area contributed by atoms with Crippen molar-refractivity contribution in [3.05, 3.63) is 29.3 Å². The van der Waals surface area contributed by atoms with Crippen LogP contribution in [0.1, 0.15) is 37.3 Å². The van der Waals surface area contributed by atoms with Crippen LogP contribution >= 0.6 is 0 Å². The highest BCUT2D eigenvalue weighted by atomic mass is 16.5. The molecule has 0 saturated carbocycles. The molecule has 0 radical (unpaired) electrons. The molecular formula is C16H25NO2. The molecule has 0 bridgehead atoms. The maximum atomic E-state index is 6.41. The van der Waals surface area contributed by atoms with Crippen LogP contribution in [0.15, 0.2) is 18.2 Å². The molecule has 0 spiro atoms. The van der Waals surface area contributed by atoms with E-state index in [4.69, 9.17) is 15.2 Å². The largest absolute Gasteiger partial charge is 0.496 e. The van der Waals surface area contributed by atoms with Gasteiger partial charge < -0.3 is 15.2 Å². The van der Waals surface area contributed by atoms with Gasteiger partial charge in [-0.2, -0.15) is 0 Å². The van der Waals surface area contributed by atoms with Crippen LogP contribution in [-0.4, -0.2) is 25.4 Å². The first-order valence-corrected chi connectivity index (χ1v) is 7.08. The summed E-state index contributed by atoms with van der Waals surface area (Å²) in [7, 11) is 1.71. The Labute approximate surface area is 116 Å². The summed E-state index contributed by atoms with van der Waals surface area (Å²) in [5.74, 6) is 0.917. The Morgan fingerprint density at radius 1 is 1.42 bits per heavy atom. The Hall–Kier alpha value is -1.06. The van der Waals surface area contributed by atoms with E-state index in [9.17, 15) is 0 Å². The van der Waals surface area contributed by atoms with Gasteiger partial charge in [0.15, 0.2) is 0 Å². The molecule has 106 valence electrons. The topological polar surface area (TPSA) is 44.5 Å². The monoisotopic (exact) mass is 263 g/mol. The van der Waals surface area contributed by atoms with Crippen molar-refractivity contribution in [1.29, 1.82) is 0 Å². The molecule has 2 N–H and O–H groups in total. The quantitative estimate of drug-likeness (QED) is 0.908. The van der Waals surface area contributed by atoms with E-state index in [0.717, 1.165) is 31.6 Å². The van der Waals surface area contributed by atoms with Gasteiger partial charge in [-0.05, 0) is 51.2 Å². The first kappa shape index (κ1) is 14.4. The Balaban J connectivity index is 2.13. The molecular weight excluding hydrogens is 238 g/mol. The number of ether oxygens (including phenoxy) is 2. The average Bonchev–Trinajstić information content (AvgIpc) is 2.40. The number of benzene rings is 1. The van der Waals surface area contributed by atoms with Crippen LogP contribution in [0.2, 0.25) is 0 Å². The SMILES string of the molecule is COc1ccc(C)cc1CC(N)C1(C)CCCCO1. The zero-order valence-electron chi connectivity index (χ0n) is 12.2. The van der Waals surface area contributed by atoms with E-state index in [2.05, 4.69) is 26.0 Å². The standard InChI is InChI=1S/C16H25NO2/c1-12-6-7-14(18-3)13(10-12)11-15(17)16(2)8-4-5-9-19-16/h6-7,10,15H,4-5,8-9,11,17H2,1-3H3. The van der Waals surface area contributed by atoms with E-state index >= 15 is 0 Å². The summed E-state index contributed by atoms with van der Waals surface area (Å²) >= 11 is 0. The van der Waals surface area contributed by atoms with Crippen molar-refractivity contribution in [2.45, 2.75) is 51.2 Å². The Bertz CT molecular complexity index is 425. The van der Waals surface area contributed by atoms with Crippen LogP contribution in [0.3, 0.4) is 0 Å². The normalized spacial score (nSPS) is 25.1. The van der Waals surface area contributed by atoms with E-state index in [0.29, 0.717) is 0 Å². The Morgan fingerprint density at radius 3 is 2.84 bits per heavy atom. The second-order valence-corrected chi connectivity index (χ2v) is 5.74. The summed E-state index contributed by atoms with van der Waals surface area (Å²) < 4.78 is 11.4. The lowest BCUT2D eigenvalue weighted by molar-refractivity contribution is -0.0809. The molecule has 2 unspecified atom stereocenters. The lowest BCUT2D eigenvalue weighted by atomic mass is 9.85. The summed E-state index contributed by atoms with van der Waals surface area (Å²) in [5.41, 5.74) is 8.61. The van der Waals surface area contributed by atoms with Crippen molar-refractivity contribution < 1.29 is 9.47 Å². The van der Waals surface area contributed by atoms with Crippen molar-refractivity contribution in [3.8, 4) is 5.75 Å². The molecule has 1 aliphatic heterocycles. The van der Waals surface area contributed by atoms with Crippen LogP contribution in [0.4, 0.5) is 0 Å². The molecule has 1 fully saturated rings. The number of nitrogens with two attached hydrogens (primary N) is 1. The van der Waals surface area contributed by atoms with Gasteiger partial charge in [-0.3, -0.25) is 0 Å². The molecule has 19 heavy (non-hydrogen) atoms. The summed E-state index contributed by atoms with van der Waals surface area (Å²) in [5, 5.41) is 0. The van der Waals surface area contributed by atoms with Gasteiger partial charge in [0.2, 0.25) is 0 Å². The lowest BCUT2D eigenvalue weighted by Gasteiger charge is -2.39. The average molecular weight is 263 g/mol. The maximum Gasteiger partial charge on any atom is 0.122 e. The van der Waals surface area contributed by atoms with Gasteiger partial charge in [0.1, 0.15) is 5.75 Å². The van der Waals surface area contributed by atoms with Crippen molar-refractivity contribution in [1.82, 2.24) is 0 Å². The smallest absolute Gasteiger partial charge is 0.122 e. The molecule has 2 rings (SSSR count). The molecule has 3 heteroatoms. The van der Waals surface area contributed by atoms with Gasteiger partial charge in [0.25, 0.3) is 0 Å². The third-order valence-electron chi connectivity index (χ3n) is 4.16. The minimum absolute atomic E-state index is 0.00324. The van der Waals surface area contributed by atoms with E-state index in [1.807, 2.05) is 6.07 Å². The Morgan fingerprint density at radius 2 is 2.21 bits per heavy atom.